The number of benzene rings is 1. The van der Waals surface area contributed by atoms with E-state index in [1.165, 1.54) is 4.31 Å². The second-order valence-electron chi connectivity index (χ2n) is 4.04. The second-order valence-corrected chi connectivity index (χ2v) is 6.05. The molecular formula is C11H16ClN3O3S. The molecule has 8 heteroatoms. The van der Waals surface area contributed by atoms with Gasteiger partial charge in [-0.25, -0.2) is 8.42 Å². The molecule has 3 N–H and O–H groups in total. The molecule has 1 heterocycles. The van der Waals surface area contributed by atoms with Crippen LogP contribution >= 0.6 is 12.4 Å². The minimum absolute atomic E-state index is 0. The summed E-state index contributed by atoms with van der Waals surface area (Å²) in [6.45, 7) is 0.430. The third-order valence-corrected chi connectivity index (χ3v) is 4.59. The van der Waals surface area contributed by atoms with Crippen LogP contribution in [0.15, 0.2) is 24.3 Å². The van der Waals surface area contributed by atoms with Crippen LogP contribution in [0, 0.1) is 0 Å². The monoisotopic (exact) mass is 305 g/mol. The molecule has 1 fully saturated rings. The first kappa shape index (κ1) is 15.7. The van der Waals surface area contributed by atoms with Crippen molar-refractivity contribution in [2.24, 2.45) is 5.73 Å². The minimum atomic E-state index is -3.15. The summed E-state index contributed by atoms with van der Waals surface area (Å²) in [5, 5.41) is 2.60. The summed E-state index contributed by atoms with van der Waals surface area (Å²) in [6, 6.07) is 6.68. The molecule has 0 spiro atoms. The van der Waals surface area contributed by atoms with Gasteiger partial charge in [-0.15, -0.1) is 12.4 Å². The van der Waals surface area contributed by atoms with E-state index in [-0.39, 0.29) is 30.6 Å². The summed E-state index contributed by atoms with van der Waals surface area (Å²) in [4.78, 5) is 11.1. The highest BCUT2D eigenvalue weighted by Crippen LogP contribution is 2.25. The average molecular weight is 306 g/mol. The fraction of sp³-hybridized carbons (Fsp3) is 0.364. The normalized spacial score (nSPS) is 16.8. The largest absolute Gasteiger partial charge is 0.325 e. The van der Waals surface area contributed by atoms with Gasteiger partial charge in [0.1, 0.15) is 0 Å². The summed E-state index contributed by atoms with van der Waals surface area (Å²) < 4.78 is 24.8. The van der Waals surface area contributed by atoms with Crippen molar-refractivity contribution < 1.29 is 13.2 Å². The van der Waals surface area contributed by atoms with Gasteiger partial charge in [0.15, 0.2) is 0 Å². The van der Waals surface area contributed by atoms with E-state index in [0.717, 1.165) is 0 Å². The van der Waals surface area contributed by atoms with Crippen LogP contribution < -0.4 is 15.4 Å². The third-order valence-electron chi connectivity index (χ3n) is 2.72. The molecule has 0 radical (unpaired) electrons. The Balaban J connectivity index is 0.00000180. The smallest absolute Gasteiger partial charge is 0.238 e. The van der Waals surface area contributed by atoms with Gasteiger partial charge in [0.05, 0.1) is 18.0 Å². The molecule has 1 aromatic carbocycles. The Bertz CT molecular complexity index is 545. The number of carbonyl (C=O) groups is 1. The molecule has 6 nitrogen and oxygen atoms in total. The van der Waals surface area contributed by atoms with Gasteiger partial charge < -0.3 is 11.1 Å². The number of anilines is 2. The van der Waals surface area contributed by atoms with E-state index in [9.17, 15) is 13.2 Å². The molecule has 0 aromatic heterocycles. The van der Waals surface area contributed by atoms with Crippen LogP contribution in [0.25, 0.3) is 0 Å². The Morgan fingerprint density at radius 1 is 1.32 bits per heavy atom. The maximum Gasteiger partial charge on any atom is 0.238 e. The van der Waals surface area contributed by atoms with Crippen molar-refractivity contribution in [2.45, 2.75) is 6.42 Å². The highest BCUT2D eigenvalue weighted by Gasteiger charge is 2.28. The predicted octanol–water partition coefficient (Wildman–Crippen LogP) is 0.545. The molecule has 1 saturated heterocycles. The molecule has 1 aromatic rings. The van der Waals surface area contributed by atoms with Crippen LogP contribution in [0.2, 0.25) is 0 Å². The molecule has 1 amide bonds. The molecule has 106 valence electrons. The number of amides is 1. The molecule has 1 aliphatic heterocycles. The van der Waals surface area contributed by atoms with E-state index >= 15 is 0 Å². The van der Waals surface area contributed by atoms with E-state index in [4.69, 9.17) is 5.73 Å². The molecule has 0 aliphatic carbocycles. The number of sulfonamides is 1. The van der Waals surface area contributed by atoms with Crippen LogP contribution in [-0.2, 0) is 14.8 Å². The Hall–Kier alpha value is -1.31. The number of carbonyl (C=O) groups excluding carboxylic acids is 1. The second kappa shape index (κ2) is 6.23. The van der Waals surface area contributed by atoms with Crippen LogP contribution in [-0.4, -0.2) is 33.2 Å². The lowest BCUT2D eigenvalue weighted by Gasteiger charge is -2.17. The number of nitrogens with zero attached hydrogens (tertiary/aromatic N) is 1. The van der Waals surface area contributed by atoms with Crippen LogP contribution in [0.5, 0.6) is 0 Å². The number of hydrogen-bond acceptors (Lipinski definition) is 4. The zero-order valence-corrected chi connectivity index (χ0v) is 11.8. The Morgan fingerprint density at radius 3 is 2.42 bits per heavy atom. The molecule has 0 unspecified atom stereocenters. The van der Waals surface area contributed by atoms with E-state index in [0.29, 0.717) is 24.3 Å². The van der Waals surface area contributed by atoms with Gasteiger partial charge in [-0.2, -0.15) is 0 Å². The summed E-state index contributed by atoms with van der Waals surface area (Å²) in [7, 11) is -3.15. The van der Waals surface area contributed by atoms with Crippen molar-refractivity contribution in [1.82, 2.24) is 0 Å². The zero-order valence-electron chi connectivity index (χ0n) is 10.2. The van der Waals surface area contributed by atoms with Gasteiger partial charge >= 0.3 is 0 Å². The topological polar surface area (TPSA) is 92.5 Å². The predicted molar refractivity (Wildman–Crippen MR) is 77.1 cm³/mol. The third kappa shape index (κ3) is 3.59. The van der Waals surface area contributed by atoms with Gasteiger partial charge in [0, 0.05) is 12.2 Å². The number of halogens is 1. The molecule has 1 aliphatic rings. The van der Waals surface area contributed by atoms with Crippen molar-refractivity contribution in [3.05, 3.63) is 24.3 Å². The van der Waals surface area contributed by atoms with E-state index in [2.05, 4.69) is 5.32 Å². The summed E-state index contributed by atoms with van der Waals surface area (Å²) >= 11 is 0. The molecule has 19 heavy (non-hydrogen) atoms. The lowest BCUT2D eigenvalue weighted by atomic mass is 10.2. The molecule has 2 rings (SSSR count). The van der Waals surface area contributed by atoms with Crippen molar-refractivity contribution in [2.75, 3.05) is 28.5 Å². The minimum Gasteiger partial charge on any atom is -0.325 e. The number of nitrogens with two attached hydrogens (primary N) is 1. The molecule has 0 saturated carbocycles. The number of hydrogen-bond donors (Lipinski definition) is 2. The first-order valence-electron chi connectivity index (χ1n) is 5.63. The van der Waals surface area contributed by atoms with Crippen molar-refractivity contribution in [3.8, 4) is 0 Å². The quantitative estimate of drug-likeness (QED) is 0.852. The van der Waals surface area contributed by atoms with Crippen LogP contribution in [0.4, 0.5) is 11.4 Å². The van der Waals surface area contributed by atoms with Gasteiger partial charge in [-0.3, -0.25) is 9.10 Å². The maximum absolute atomic E-state index is 11.7. The Kier molecular flexibility index (Phi) is 5.16. The van der Waals surface area contributed by atoms with Gasteiger partial charge in [-0.1, -0.05) is 0 Å². The lowest BCUT2D eigenvalue weighted by Crippen LogP contribution is -2.25. The standard InChI is InChI=1S/C11H15N3O3S.ClH/c12-8-11(15)13-9-2-4-10(5-3-9)14-6-1-7-18(14,16)17;/h2-5H,1,6-8,12H2,(H,13,15);1H. The van der Waals surface area contributed by atoms with Crippen LogP contribution in [0.1, 0.15) is 6.42 Å². The average Bonchev–Trinajstić information content (AvgIpc) is 2.70. The van der Waals surface area contributed by atoms with Crippen molar-refractivity contribution >= 4 is 39.7 Å². The van der Waals surface area contributed by atoms with Crippen molar-refractivity contribution in [3.63, 3.8) is 0 Å². The SMILES string of the molecule is Cl.NCC(=O)Nc1ccc(N2CCCS2(=O)=O)cc1. The summed E-state index contributed by atoms with van der Waals surface area (Å²) in [5.74, 6) is -0.0879. The number of nitrogens with one attached hydrogen (secondary N) is 1. The highest BCUT2D eigenvalue weighted by molar-refractivity contribution is 7.93. The van der Waals surface area contributed by atoms with Gasteiger partial charge in [0.25, 0.3) is 0 Å². The van der Waals surface area contributed by atoms with Crippen LogP contribution in [0.3, 0.4) is 0 Å². The molecule has 0 atom stereocenters. The summed E-state index contributed by atoms with van der Waals surface area (Å²) in [6.07, 6.45) is 0.647. The first-order chi connectivity index (χ1) is 8.53. The Morgan fingerprint density at radius 2 is 1.95 bits per heavy atom. The zero-order chi connectivity index (χ0) is 13.2. The van der Waals surface area contributed by atoms with Gasteiger partial charge in [-0.05, 0) is 30.7 Å². The molecule has 0 bridgehead atoms. The van der Waals surface area contributed by atoms with Crippen molar-refractivity contribution in [1.29, 1.82) is 0 Å². The fourth-order valence-corrected chi connectivity index (χ4v) is 3.42. The Labute approximate surface area is 118 Å². The summed E-state index contributed by atoms with van der Waals surface area (Å²) in [5.41, 5.74) is 6.41. The fourth-order valence-electron chi connectivity index (χ4n) is 1.85. The first-order valence-corrected chi connectivity index (χ1v) is 7.24. The molecular weight excluding hydrogens is 290 g/mol. The lowest BCUT2D eigenvalue weighted by molar-refractivity contribution is -0.114. The van der Waals surface area contributed by atoms with E-state index < -0.39 is 10.0 Å². The van der Waals surface area contributed by atoms with E-state index in [1.807, 2.05) is 0 Å². The van der Waals surface area contributed by atoms with Gasteiger partial charge in [0.2, 0.25) is 15.9 Å². The van der Waals surface area contributed by atoms with E-state index in [1.54, 1.807) is 24.3 Å². The highest BCUT2D eigenvalue weighted by atomic mass is 35.5. The maximum atomic E-state index is 11.7. The number of rotatable bonds is 3.